The number of nitrogens with two attached hydrogens (primary N) is 1. The number of nitrogens with zero attached hydrogens (tertiary/aromatic N) is 1. The van der Waals surface area contributed by atoms with Crippen LogP contribution < -0.4 is 11.1 Å². The summed E-state index contributed by atoms with van der Waals surface area (Å²) in [6, 6.07) is 1.84. The molecule has 0 aromatic carbocycles. The third-order valence-electron chi connectivity index (χ3n) is 3.38. The fourth-order valence-electron chi connectivity index (χ4n) is 2.58. The summed E-state index contributed by atoms with van der Waals surface area (Å²) in [6.07, 6.45) is 1.06. The molecule has 100 valence electrons. The molecule has 0 saturated carbocycles. The van der Waals surface area contributed by atoms with Crippen LogP contribution in [0.1, 0.15) is 27.8 Å². The summed E-state index contributed by atoms with van der Waals surface area (Å²) in [5.74, 6) is -0.238. The average molecular weight is 267 g/mol. The van der Waals surface area contributed by atoms with Crippen molar-refractivity contribution < 1.29 is 4.79 Å². The van der Waals surface area contributed by atoms with E-state index in [1.807, 2.05) is 0 Å². The van der Waals surface area contributed by atoms with Crippen LogP contribution in [0.2, 0.25) is 0 Å². The molecule has 1 aliphatic heterocycles. The lowest BCUT2D eigenvalue weighted by molar-refractivity contribution is -0.123. The van der Waals surface area contributed by atoms with Crippen molar-refractivity contribution in [2.24, 2.45) is 5.73 Å². The van der Waals surface area contributed by atoms with Crippen molar-refractivity contribution in [3.8, 4) is 0 Å². The molecule has 0 spiro atoms. The van der Waals surface area contributed by atoms with E-state index >= 15 is 0 Å². The van der Waals surface area contributed by atoms with Crippen LogP contribution in [0.3, 0.4) is 0 Å². The van der Waals surface area contributed by atoms with Crippen molar-refractivity contribution in [3.05, 3.63) is 21.4 Å². The Morgan fingerprint density at radius 3 is 2.83 bits per heavy atom. The zero-order valence-corrected chi connectivity index (χ0v) is 11.8. The number of thiophene rings is 1. The molecule has 4 nitrogen and oxygen atoms in total. The third kappa shape index (κ3) is 2.91. The number of carbonyl (C=O) groups is 1. The Bertz CT molecular complexity index is 422. The van der Waals surface area contributed by atoms with Crippen LogP contribution in [0.5, 0.6) is 0 Å². The van der Waals surface area contributed by atoms with Gasteiger partial charge in [0.1, 0.15) is 6.04 Å². The molecule has 1 fully saturated rings. The number of primary amides is 1. The zero-order valence-electron chi connectivity index (χ0n) is 11.0. The van der Waals surface area contributed by atoms with Crippen molar-refractivity contribution in [2.45, 2.75) is 26.3 Å². The number of aryl methyl sites for hydroxylation is 2. The van der Waals surface area contributed by atoms with E-state index in [1.54, 1.807) is 11.3 Å². The highest BCUT2D eigenvalue weighted by atomic mass is 32.1. The molecular weight excluding hydrogens is 246 g/mol. The molecule has 2 heterocycles. The van der Waals surface area contributed by atoms with Gasteiger partial charge in [-0.25, -0.2) is 0 Å². The van der Waals surface area contributed by atoms with Crippen LogP contribution >= 0.6 is 11.3 Å². The maximum absolute atomic E-state index is 11.8. The van der Waals surface area contributed by atoms with Crippen LogP contribution in [-0.2, 0) is 4.79 Å². The number of hydrogen-bond donors (Lipinski definition) is 2. The van der Waals surface area contributed by atoms with Gasteiger partial charge in [-0.1, -0.05) is 0 Å². The van der Waals surface area contributed by atoms with Crippen LogP contribution in [0, 0.1) is 13.8 Å². The summed E-state index contributed by atoms with van der Waals surface area (Å²) < 4.78 is 0. The molecule has 1 atom stereocenters. The minimum absolute atomic E-state index is 0.238. The summed E-state index contributed by atoms with van der Waals surface area (Å²) in [5, 5.41) is 3.35. The van der Waals surface area contributed by atoms with Gasteiger partial charge in [0.05, 0.1) is 0 Å². The molecule has 18 heavy (non-hydrogen) atoms. The van der Waals surface area contributed by atoms with Crippen molar-refractivity contribution >= 4 is 17.2 Å². The molecule has 1 unspecified atom stereocenters. The molecule has 1 aromatic heterocycles. The Kier molecular flexibility index (Phi) is 4.37. The van der Waals surface area contributed by atoms with Crippen molar-refractivity contribution in [3.63, 3.8) is 0 Å². The highest BCUT2D eigenvalue weighted by Crippen LogP contribution is 2.30. The second-order valence-corrected chi connectivity index (χ2v) is 6.27. The van der Waals surface area contributed by atoms with Crippen LogP contribution in [0.25, 0.3) is 0 Å². The van der Waals surface area contributed by atoms with Crippen molar-refractivity contribution in [1.82, 2.24) is 10.2 Å². The van der Waals surface area contributed by atoms with Crippen LogP contribution in [0.4, 0.5) is 0 Å². The lowest BCUT2D eigenvalue weighted by Gasteiger charge is -2.28. The minimum Gasteiger partial charge on any atom is -0.368 e. The lowest BCUT2D eigenvalue weighted by atomic mass is 10.0. The minimum atomic E-state index is -0.269. The number of amides is 1. The van der Waals surface area contributed by atoms with E-state index in [0.717, 1.165) is 38.2 Å². The van der Waals surface area contributed by atoms with Gasteiger partial charge in [-0.2, -0.15) is 0 Å². The summed E-state index contributed by atoms with van der Waals surface area (Å²) in [6.45, 7) is 7.88. The molecule has 3 N–H and O–H groups in total. The molecule has 1 saturated heterocycles. The highest BCUT2D eigenvalue weighted by Gasteiger charge is 2.28. The summed E-state index contributed by atoms with van der Waals surface area (Å²) >= 11 is 1.73. The van der Waals surface area contributed by atoms with Gasteiger partial charge < -0.3 is 11.1 Å². The molecule has 0 radical (unpaired) electrons. The Morgan fingerprint density at radius 2 is 2.22 bits per heavy atom. The fourth-order valence-corrected chi connectivity index (χ4v) is 3.53. The van der Waals surface area contributed by atoms with E-state index < -0.39 is 0 Å². The molecular formula is C13H21N3OS. The maximum Gasteiger partial charge on any atom is 0.239 e. The molecule has 1 aromatic rings. The number of carbonyl (C=O) groups excluding carboxylic acids is 1. The van der Waals surface area contributed by atoms with Gasteiger partial charge in [-0.3, -0.25) is 9.69 Å². The SMILES string of the molecule is Cc1cc(C(C(N)=O)N2CCCNCC2)c(C)s1. The molecule has 5 heteroatoms. The highest BCUT2D eigenvalue weighted by molar-refractivity contribution is 7.12. The van der Waals surface area contributed by atoms with Crippen LogP contribution in [-0.4, -0.2) is 37.0 Å². The van der Waals surface area contributed by atoms with E-state index in [0.29, 0.717) is 0 Å². The Morgan fingerprint density at radius 1 is 1.44 bits per heavy atom. The first kappa shape index (κ1) is 13.5. The van der Waals surface area contributed by atoms with E-state index in [1.165, 1.54) is 9.75 Å². The number of hydrogen-bond acceptors (Lipinski definition) is 4. The van der Waals surface area contributed by atoms with Gasteiger partial charge in [-0.15, -0.1) is 11.3 Å². The maximum atomic E-state index is 11.8. The van der Waals surface area contributed by atoms with E-state index in [2.05, 4.69) is 30.1 Å². The molecule has 0 aliphatic carbocycles. The van der Waals surface area contributed by atoms with Crippen molar-refractivity contribution in [2.75, 3.05) is 26.2 Å². The fraction of sp³-hybridized carbons (Fsp3) is 0.615. The topological polar surface area (TPSA) is 58.4 Å². The van der Waals surface area contributed by atoms with E-state index in [4.69, 9.17) is 5.73 Å². The zero-order chi connectivity index (χ0) is 13.1. The van der Waals surface area contributed by atoms with E-state index in [9.17, 15) is 4.79 Å². The quantitative estimate of drug-likeness (QED) is 0.865. The lowest BCUT2D eigenvalue weighted by Crippen LogP contribution is -2.39. The smallest absolute Gasteiger partial charge is 0.239 e. The van der Waals surface area contributed by atoms with Crippen LogP contribution in [0.15, 0.2) is 6.07 Å². The third-order valence-corrected chi connectivity index (χ3v) is 4.36. The molecule has 1 amide bonds. The average Bonchev–Trinajstić information content (AvgIpc) is 2.54. The molecule has 2 rings (SSSR count). The number of nitrogens with one attached hydrogen (secondary N) is 1. The first-order valence-corrected chi connectivity index (χ1v) is 7.22. The second-order valence-electron chi connectivity index (χ2n) is 4.81. The largest absolute Gasteiger partial charge is 0.368 e. The Labute approximate surface area is 112 Å². The summed E-state index contributed by atoms with van der Waals surface area (Å²) in [7, 11) is 0. The normalized spacial score (nSPS) is 19.4. The van der Waals surface area contributed by atoms with Gasteiger partial charge in [0.25, 0.3) is 0 Å². The van der Waals surface area contributed by atoms with Crippen molar-refractivity contribution in [1.29, 1.82) is 0 Å². The Balaban J connectivity index is 2.27. The molecule has 0 bridgehead atoms. The summed E-state index contributed by atoms with van der Waals surface area (Å²) in [5.41, 5.74) is 6.72. The first-order chi connectivity index (χ1) is 8.59. The Hall–Kier alpha value is -0.910. The predicted molar refractivity (Wildman–Crippen MR) is 74.8 cm³/mol. The monoisotopic (exact) mass is 267 g/mol. The number of rotatable bonds is 3. The first-order valence-electron chi connectivity index (χ1n) is 6.40. The summed E-state index contributed by atoms with van der Waals surface area (Å²) in [4.78, 5) is 16.5. The van der Waals surface area contributed by atoms with Gasteiger partial charge >= 0.3 is 0 Å². The second kappa shape index (κ2) is 5.82. The van der Waals surface area contributed by atoms with E-state index in [-0.39, 0.29) is 11.9 Å². The van der Waals surface area contributed by atoms with Gasteiger partial charge in [0, 0.05) is 29.4 Å². The van der Waals surface area contributed by atoms with Gasteiger partial charge in [0.2, 0.25) is 5.91 Å². The standard InChI is InChI=1S/C13H21N3OS/c1-9-8-11(10(2)18-9)12(13(14)17)16-6-3-4-15-5-7-16/h8,12,15H,3-7H2,1-2H3,(H2,14,17). The van der Waals surface area contributed by atoms with Gasteiger partial charge in [-0.05, 0) is 38.4 Å². The van der Waals surface area contributed by atoms with Gasteiger partial charge in [0.15, 0.2) is 0 Å². The molecule has 1 aliphatic rings. The predicted octanol–water partition coefficient (Wildman–Crippen LogP) is 1.19.